The van der Waals surface area contributed by atoms with Gasteiger partial charge in [0, 0.05) is 43.4 Å². The molecule has 2 aromatic heterocycles. The molecule has 138 valence electrons. The van der Waals surface area contributed by atoms with E-state index in [0.29, 0.717) is 18.7 Å². The molecule has 7 nitrogen and oxygen atoms in total. The summed E-state index contributed by atoms with van der Waals surface area (Å²) < 4.78 is 3.88. The zero-order valence-corrected chi connectivity index (χ0v) is 14.9. The molecule has 1 aliphatic rings. The van der Waals surface area contributed by atoms with Crippen LogP contribution in [0.15, 0.2) is 61.4 Å². The van der Waals surface area contributed by atoms with E-state index in [2.05, 4.69) is 4.98 Å². The molecular formula is C20H21N5O2. The first-order valence-corrected chi connectivity index (χ1v) is 8.98. The van der Waals surface area contributed by atoms with Crippen LogP contribution in [0.25, 0.3) is 11.4 Å². The lowest BCUT2D eigenvalue weighted by Gasteiger charge is -2.31. The number of carbonyl (C=O) groups excluding carboxylic acids is 2. The molecule has 3 heterocycles. The molecule has 0 spiro atoms. The minimum atomic E-state index is -0.337. The zero-order valence-electron chi connectivity index (χ0n) is 14.9. The quantitative estimate of drug-likeness (QED) is 0.769. The number of benzene rings is 1. The van der Waals surface area contributed by atoms with Crippen LogP contribution < -0.4 is 5.73 Å². The number of carbonyl (C=O) groups is 2. The Morgan fingerprint density at radius 2 is 1.89 bits per heavy atom. The minimum Gasteiger partial charge on any atom is -0.369 e. The van der Waals surface area contributed by atoms with Gasteiger partial charge in [-0.25, -0.2) is 4.98 Å². The second-order valence-electron chi connectivity index (χ2n) is 6.76. The molecule has 7 heteroatoms. The number of primary amides is 1. The number of nitrogens with zero attached hydrogens (tertiary/aromatic N) is 4. The molecule has 3 aromatic rings. The first kappa shape index (κ1) is 17.1. The normalized spacial score (nSPS) is 17.0. The fourth-order valence-corrected chi connectivity index (χ4v) is 3.55. The Morgan fingerprint density at radius 1 is 1.07 bits per heavy atom. The van der Waals surface area contributed by atoms with E-state index in [1.54, 1.807) is 17.4 Å². The molecule has 0 radical (unpaired) electrons. The molecular weight excluding hydrogens is 342 g/mol. The van der Waals surface area contributed by atoms with E-state index in [1.807, 2.05) is 58.1 Å². The van der Waals surface area contributed by atoms with E-state index >= 15 is 0 Å². The van der Waals surface area contributed by atoms with Crippen molar-refractivity contribution in [3.63, 3.8) is 0 Å². The molecule has 1 aromatic carbocycles. The van der Waals surface area contributed by atoms with Gasteiger partial charge in [-0.1, -0.05) is 0 Å². The topological polar surface area (TPSA) is 86.2 Å². The van der Waals surface area contributed by atoms with Gasteiger partial charge in [0.05, 0.1) is 23.6 Å². The summed E-state index contributed by atoms with van der Waals surface area (Å²) in [6.45, 7) is 1.03. The zero-order chi connectivity index (χ0) is 18.8. The van der Waals surface area contributed by atoms with Gasteiger partial charge in [-0.15, -0.1) is 0 Å². The summed E-state index contributed by atoms with van der Waals surface area (Å²) in [7, 11) is 0. The second kappa shape index (κ2) is 7.11. The number of likely N-dealkylation sites (tertiary alicyclic amines) is 1. The largest absolute Gasteiger partial charge is 0.369 e. The Morgan fingerprint density at radius 3 is 2.59 bits per heavy atom. The lowest BCUT2D eigenvalue weighted by molar-refractivity contribution is -0.123. The number of nitrogens with two attached hydrogens (primary N) is 1. The summed E-state index contributed by atoms with van der Waals surface area (Å²) in [5.41, 5.74) is 7.84. The van der Waals surface area contributed by atoms with Gasteiger partial charge >= 0.3 is 0 Å². The van der Waals surface area contributed by atoms with Crippen LogP contribution >= 0.6 is 0 Å². The minimum absolute atomic E-state index is 0.0773. The van der Waals surface area contributed by atoms with Crippen molar-refractivity contribution in [1.29, 1.82) is 0 Å². The molecule has 1 fully saturated rings. The average molecular weight is 363 g/mol. The second-order valence-corrected chi connectivity index (χ2v) is 6.76. The molecule has 4 rings (SSSR count). The highest BCUT2D eigenvalue weighted by atomic mass is 16.2. The Kier molecular flexibility index (Phi) is 4.50. The molecule has 2 N–H and O–H groups in total. The number of hydrogen-bond acceptors (Lipinski definition) is 3. The maximum absolute atomic E-state index is 13.0. The van der Waals surface area contributed by atoms with Crippen molar-refractivity contribution in [3.05, 3.63) is 67.0 Å². The highest BCUT2D eigenvalue weighted by molar-refractivity contribution is 5.95. The third kappa shape index (κ3) is 3.36. The molecule has 1 atom stereocenters. The number of hydrogen-bond donors (Lipinski definition) is 1. The molecule has 2 amide bonds. The number of rotatable bonds is 4. The van der Waals surface area contributed by atoms with Gasteiger partial charge in [0.1, 0.15) is 0 Å². The van der Waals surface area contributed by atoms with E-state index in [1.165, 1.54) is 0 Å². The van der Waals surface area contributed by atoms with Crippen molar-refractivity contribution < 1.29 is 9.59 Å². The molecule has 1 saturated heterocycles. The Hall–Kier alpha value is -3.35. The SMILES string of the molecule is NC(=O)[C@@H]1CCCN(C(=O)c2ccc(-n3ccnc3)c(-n3cccc3)c2)C1. The van der Waals surface area contributed by atoms with Crippen LogP contribution in [-0.4, -0.2) is 43.9 Å². The van der Waals surface area contributed by atoms with E-state index in [-0.39, 0.29) is 17.7 Å². The van der Waals surface area contributed by atoms with Crippen LogP contribution in [-0.2, 0) is 4.79 Å². The third-order valence-electron chi connectivity index (χ3n) is 5.00. The van der Waals surface area contributed by atoms with E-state index in [9.17, 15) is 9.59 Å². The molecule has 0 aliphatic carbocycles. The van der Waals surface area contributed by atoms with Crippen LogP contribution in [0.2, 0.25) is 0 Å². The van der Waals surface area contributed by atoms with Gasteiger partial charge in [-0.3, -0.25) is 9.59 Å². The van der Waals surface area contributed by atoms with Gasteiger partial charge in [-0.05, 0) is 43.2 Å². The Labute approximate surface area is 157 Å². The van der Waals surface area contributed by atoms with E-state index < -0.39 is 0 Å². The van der Waals surface area contributed by atoms with Crippen LogP contribution in [0.5, 0.6) is 0 Å². The lowest BCUT2D eigenvalue weighted by Crippen LogP contribution is -2.44. The van der Waals surface area contributed by atoms with Crippen molar-refractivity contribution in [2.75, 3.05) is 13.1 Å². The highest BCUT2D eigenvalue weighted by Gasteiger charge is 2.28. The number of piperidine rings is 1. The van der Waals surface area contributed by atoms with Crippen molar-refractivity contribution in [2.24, 2.45) is 11.7 Å². The fraction of sp³-hybridized carbons (Fsp3) is 0.250. The lowest BCUT2D eigenvalue weighted by atomic mass is 9.97. The molecule has 0 unspecified atom stereocenters. The average Bonchev–Trinajstić information content (AvgIpc) is 3.41. The predicted octanol–water partition coefficient (Wildman–Crippen LogP) is 2.00. The number of aromatic nitrogens is 3. The van der Waals surface area contributed by atoms with Gasteiger partial charge in [0.25, 0.3) is 5.91 Å². The van der Waals surface area contributed by atoms with Crippen molar-refractivity contribution in [3.8, 4) is 11.4 Å². The summed E-state index contributed by atoms with van der Waals surface area (Å²) in [6.07, 6.45) is 10.7. The molecule has 1 aliphatic heterocycles. The fourth-order valence-electron chi connectivity index (χ4n) is 3.55. The van der Waals surface area contributed by atoms with Crippen molar-refractivity contribution >= 4 is 11.8 Å². The van der Waals surface area contributed by atoms with Gasteiger partial charge in [-0.2, -0.15) is 0 Å². The Bertz CT molecular complexity index is 947. The summed E-state index contributed by atoms with van der Waals surface area (Å²) in [4.78, 5) is 30.4. The smallest absolute Gasteiger partial charge is 0.253 e. The molecule has 0 saturated carbocycles. The monoisotopic (exact) mass is 363 g/mol. The van der Waals surface area contributed by atoms with Crippen LogP contribution in [0.1, 0.15) is 23.2 Å². The van der Waals surface area contributed by atoms with E-state index in [4.69, 9.17) is 5.73 Å². The van der Waals surface area contributed by atoms with Gasteiger partial charge in [0.2, 0.25) is 5.91 Å². The van der Waals surface area contributed by atoms with Crippen molar-refractivity contribution in [2.45, 2.75) is 12.8 Å². The molecule has 27 heavy (non-hydrogen) atoms. The van der Waals surface area contributed by atoms with Crippen LogP contribution in [0.4, 0.5) is 0 Å². The summed E-state index contributed by atoms with van der Waals surface area (Å²) in [5, 5.41) is 0. The van der Waals surface area contributed by atoms with Crippen LogP contribution in [0.3, 0.4) is 0 Å². The van der Waals surface area contributed by atoms with Gasteiger partial charge < -0.3 is 19.8 Å². The first-order valence-electron chi connectivity index (χ1n) is 8.98. The van der Waals surface area contributed by atoms with Crippen LogP contribution in [0, 0.1) is 5.92 Å². The number of imidazole rings is 1. The maximum atomic E-state index is 13.0. The summed E-state index contributed by atoms with van der Waals surface area (Å²) >= 11 is 0. The summed E-state index contributed by atoms with van der Waals surface area (Å²) in [5.74, 6) is -0.681. The first-order chi connectivity index (χ1) is 13.1. The summed E-state index contributed by atoms with van der Waals surface area (Å²) in [6, 6.07) is 9.49. The standard InChI is InChI=1S/C20H21N5O2/c21-19(26)16-4-3-10-24(13-16)20(27)15-5-6-17(25-11-7-22-14-25)18(12-15)23-8-1-2-9-23/h1-2,5-9,11-12,14,16H,3-4,10,13H2,(H2,21,26)/t16-/m1/s1. The third-order valence-corrected chi connectivity index (χ3v) is 5.00. The predicted molar refractivity (Wildman–Crippen MR) is 101 cm³/mol. The van der Waals surface area contributed by atoms with Crippen molar-refractivity contribution in [1.82, 2.24) is 19.0 Å². The maximum Gasteiger partial charge on any atom is 0.253 e. The highest BCUT2D eigenvalue weighted by Crippen LogP contribution is 2.24. The van der Waals surface area contributed by atoms with E-state index in [0.717, 1.165) is 24.2 Å². The Balaban J connectivity index is 1.69. The van der Waals surface area contributed by atoms with Gasteiger partial charge in [0.15, 0.2) is 0 Å². The molecule has 0 bridgehead atoms. The number of amides is 2.